The predicted molar refractivity (Wildman–Crippen MR) is 132 cm³/mol. The molecule has 2 aromatic carbocycles. The van der Waals surface area contributed by atoms with E-state index >= 15 is 0 Å². The van der Waals surface area contributed by atoms with Crippen molar-refractivity contribution >= 4 is 21.9 Å². The first-order chi connectivity index (χ1) is 17.2. The van der Waals surface area contributed by atoms with Gasteiger partial charge >= 0.3 is 0 Å². The minimum Gasteiger partial charge on any atom is -0.347 e. The van der Waals surface area contributed by atoms with E-state index < -0.39 is 28.0 Å². The number of hydrogen-bond donors (Lipinski definition) is 4. The Hall–Kier alpha value is -3.54. The molecule has 3 rings (SSSR count). The Morgan fingerprint density at radius 2 is 1.75 bits per heavy atom. The van der Waals surface area contributed by atoms with Crippen LogP contribution in [0.25, 0.3) is 0 Å². The second-order valence-electron chi connectivity index (χ2n) is 8.47. The third-order valence-electron chi connectivity index (χ3n) is 5.70. The molecule has 0 aliphatic rings. The van der Waals surface area contributed by atoms with Gasteiger partial charge in [-0.15, -0.1) is 0 Å². The Balaban J connectivity index is 1.86. The highest BCUT2D eigenvalue weighted by Crippen LogP contribution is 2.16. The summed E-state index contributed by atoms with van der Waals surface area (Å²) in [5.74, 6) is -0.340. The molecule has 0 saturated carbocycles. The van der Waals surface area contributed by atoms with E-state index in [1.54, 1.807) is 22.2 Å². The van der Waals surface area contributed by atoms with Crippen molar-refractivity contribution in [3.05, 3.63) is 83.4 Å². The zero-order valence-corrected chi connectivity index (χ0v) is 20.7. The first-order valence-corrected chi connectivity index (χ1v) is 13.0. The monoisotopic (exact) mass is 514 g/mol. The number of benzene rings is 2. The molecule has 0 aliphatic carbocycles. The minimum absolute atomic E-state index is 0.120. The van der Waals surface area contributed by atoms with Crippen LogP contribution in [0.1, 0.15) is 53.6 Å². The first kappa shape index (κ1) is 27.1. The van der Waals surface area contributed by atoms with Gasteiger partial charge in [0.25, 0.3) is 16.0 Å². The number of aryl methyl sites for hydroxylation is 1. The molecule has 192 valence electrons. The van der Waals surface area contributed by atoms with Gasteiger partial charge in [0.1, 0.15) is 11.5 Å². The van der Waals surface area contributed by atoms with Gasteiger partial charge in [0.2, 0.25) is 5.91 Å². The quantitative estimate of drug-likeness (QED) is 0.165. The average molecular weight is 515 g/mol. The molecule has 2 amide bonds. The van der Waals surface area contributed by atoms with Gasteiger partial charge in [-0.05, 0) is 36.1 Å². The molecule has 1 heterocycles. The number of nitrogens with one attached hydrogen (secondary N) is 2. The minimum atomic E-state index is -4.31. The summed E-state index contributed by atoms with van der Waals surface area (Å²) < 4.78 is 33.7. The summed E-state index contributed by atoms with van der Waals surface area (Å²) in [6, 6.07) is 14.5. The zero-order valence-electron chi connectivity index (χ0n) is 19.9. The van der Waals surface area contributed by atoms with Crippen LogP contribution < -0.4 is 10.8 Å². The number of carbonyl (C=O) groups excluding carboxylic acids is 2. The van der Waals surface area contributed by atoms with E-state index in [9.17, 15) is 22.6 Å². The normalized spacial score (nSPS) is 12.2. The van der Waals surface area contributed by atoms with Crippen LogP contribution in [0.2, 0.25) is 0 Å². The standard InChI is InChI=1S/C25H30N4O6S/c1-2-3-9-23-26-16-22(29(23)17-19-10-12-21(13-11-19)36(33,34)35)25(31)27-20(15-24(30)28-32)14-18-7-5-4-6-8-18/h4-8,10-13,16,20,32H,2-3,9,14-15,17H2,1H3,(H,27,31)(H,28,30)(H,33,34,35)/t20-/m1/s1. The van der Waals surface area contributed by atoms with E-state index in [0.717, 1.165) is 18.4 Å². The molecule has 0 radical (unpaired) electrons. The molecule has 0 saturated heterocycles. The molecule has 0 aliphatic heterocycles. The number of hydroxylamine groups is 1. The molecule has 0 fully saturated rings. The molecule has 10 nitrogen and oxygen atoms in total. The Bertz CT molecular complexity index is 1270. The van der Waals surface area contributed by atoms with Crippen molar-refractivity contribution < 1.29 is 27.8 Å². The summed E-state index contributed by atoms with van der Waals surface area (Å²) in [5, 5.41) is 11.9. The van der Waals surface area contributed by atoms with E-state index in [-0.39, 0.29) is 17.9 Å². The number of amides is 2. The van der Waals surface area contributed by atoms with Gasteiger partial charge in [0.15, 0.2) is 0 Å². The molecular weight excluding hydrogens is 484 g/mol. The fraction of sp³-hybridized carbons (Fsp3) is 0.320. The van der Waals surface area contributed by atoms with Crippen molar-refractivity contribution in [3.8, 4) is 0 Å². The number of hydrogen-bond acceptors (Lipinski definition) is 6. The lowest BCUT2D eigenvalue weighted by molar-refractivity contribution is -0.129. The zero-order chi connectivity index (χ0) is 26.1. The molecule has 1 atom stereocenters. The van der Waals surface area contributed by atoms with Gasteiger partial charge in [-0.25, -0.2) is 10.5 Å². The Kier molecular flexibility index (Phi) is 9.34. The molecule has 0 spiro atoms. The molecule has 0 unspecified atom stereocenters. The second-order valence-corrected chi connectivity index (χ2v) is 9.89. The highest BCUT2D eigenvalue weighted by Gasteiger charge is 2.22. The maximum absolute atomic E-state index is 13.3. The third-order valence-corrected chi connectivity index (χ3v) is 6.57. The summed E-state index contributed by atoms with van der Waals surface area (Å²) in [5.41, 5.74) is 3.54. The summed E-state index contributed by atoms with van der Waals surface area (Å²) in [7, 11) is -4.31. The molecule has 4 N–H and O–H groups in total. The number of carbonyl (C=O) groups is 2. The summed E-state index contributed by atoms with van der Waals surface area (Å²) in [6.45, 7) is 2.31. The molecule has 3 aromatic rings. The van der Waals surface area contributed by atoms with E-state index in [2.05, 4.69) is 17.2 Å². The van der Waals surface area contributed by atoms with Gasteiger partial charge < -0.3 is 9.88 Å². The van der Waals surface area contributed by atoms with E-state index in [1.165, 1.54) is 18.3 Å². The maximum Gasteiger partial charge on any atom is 0.294 e. The third kappa shape index (κ3) is 7.48. The van der Waals surface area contributed by atoms with Crippen LogP contribution in [-0.4, -0.2) is 45.6 Å². The van der Waals surface area contributed by atoms with Gasteiger partial charge in [-0.1, -0.05) is 55.8 Å². The van der Waals surface area contributed by atoms with Crippen LogP contribution in [0.4, 0.5) is 0 Å². The smallest absolute Gasteiger partial charge is 0.294 e. The van der Waals surface area contributed by atoms with Crippen molar-refractivity contribution in [3.63, 3.8) is 0 Å². The predicted octanol–water partition coefficient (Wildman–Crippen LogP) is 2.76. The van der Waals surface area contributed by atoms with Crippen LogP contribution in [-0.2, 0) is 34.3 Å². The van der Waals surface area contributed by atoms with Crippen LogP contribution >= 0.6 is 0 Å². The first-order valence-electron chi connectivity index (χ1n) is 11.6. The van der Waals surface area contributed by atoms with E-state index in [4.69, 9.17) is 5.21 Å². The van der Waals surface area contributed by atoms with Gasteiger partial charge in [-0.3, -0.25) is 19.3 Å². The summed E-state index contributed by atoms with van der Waals surface area (Å²) in [4.78, 5) is 29.4. The van der Waals surface area contributed by atoms with Crippen LogP contribution in [0.3, 0.4) is 0 Å². The van der Waals surface area contributed by atoms with Crippen molar-refractivity contribution in [1.82, 2.24) is 20.3 Å². The fourth-order valence-corrected chi connectivity index (χ4v) is 4.34. The van der Waals surface area contributed by atoms with Crippen LogP contribution in [0.15, 0.2) is 65.7 Å². The van der Waals surface area contributed by atoms with Gasteiger partial charge in [0.05, 0.1) is 11.1 Å². The Labute approximate surface area is 210 Å². The van der Waals surface area contributed by atoms with Crippen molar-refractivity contribution in [1.29, 1.82) is 0 Å². The van der Waals surface area contributed by atoms with Gasteiger partial charge in [-0.2, -0.15) is 8.42 Å². The maximum atomic E-state index is 13.3. The number of rotatable bonds is 12. The molecular formula is C25H30N4O6S. The molecule has 0 bridgehead atoms. The van der Waals surface area contributed by atoms with Crippen LogP contribution in [0.5, 0.6) is 0 Å². The number of nitrogens with zero attached hydrogens (tertiary/aromatic N) is 2. The number of aromatic nitrogens is 2. The topological polar surface area (TPSA) is 151 Å². The lowest BCUT2D eigenvalue weighted by Gasteiger charge is -2.19. The number of unbranched alkanes of at least 4 members (excludes halogenated alkanes) is 1. The summed E-state index contributed by atoms with van der Waals surface area (Å²) >= 11 is 0. The molecule has 1 aromatic heterocycles. The highest BCUT2D eigenvalue weighted by atomic mass is 32.2. The van der Waals surface area contributed by atoms with Crippen molar-refractivity contribution in [2.24, 2.45) is 0 Å². The summed E-state index contributed by atoms with van der Waals surface area (Å²) in [6.07, 6.45) is 4.20. The second kappa shape index (κ2) is 12.4. The fourth-order valence-electron chi connectivity index (χ4n) is 3.86. The highest BCUT2D eigenvalue weighted by molar-refractivity contribution is 7.85. The molecule has 11 heteroatoms. The van der Waals surface area contributed by atoms with Crippen LogP contribution in [0, 0.1) is 0 Å². The van der Waals surface area contributed by atoms with Crippen molar-refractivity contribution in [2.45, 2.75) is 56.5 Å². The van der Waals surface area contributed by atoms with Crippen molar-refractivity contribution in [2.75, 3.05) is 0 Å². The van der Waals surface area contributed by atoms with Gasteiger partial charge in [0, 0.05) is 25.4 Å². The number of imidazole rings is 1. The SMILES string of the molecule is CCCCc1ncc(C(=O)N[C@@H](CC(=O)NO)Cc2ccccc2)n1Cc1ccc(S(=O)(=O)O)cc1. The lowest BCUT2D eigenvalue weighted by Crippen LogP contribution is -2.41. The largest absolute Gasteiger partial charge is 0.347 e. The van der Waals surface area contributed by atoms with E-state index in [1.807, 2.05) is 30.3 Å². The van der Waals surface area contributed by atoms with E-state index in [0.29, 0.717) is 29.9 Å². The Morgan fingerprint density at radius 1 is 1.06 bits per heavy atom. The average Bonchev–Trinajstić information content (AvgIpc) is 3.25. The lowest BCUT2D eigenvalue weighted by atomic mass is 10.0. The Morgan fingerprint density at radius 3 is 2.36 bits per heavy atom. The molecule has 36 heavy (non-hydrogen) atoms.